The second-order valence-corrected chi connectivity index (χ2v) is 6.45. The number of hydrogen-bond acceptors (Lipinski definition) is 3. The molecule has 3 heterocycles. The number of aryl methyl sites for hydroxylation is 1. The predicted octanol–water partition coefficient (Wildman–Crippen LogP) is 1.45. The summed E-state index contributed by atoms with van der Waals surface area (Å²) in [5.41, 5.74) is 0.752. The molecule has 21 heavy (non-hydrogen) atoms. The molecule has 0 spiro atoms. The molecule has 0 aliphatic carbocycles. The number of nitrogens with one attached hydrogen (secondary N) is 1. The third-order valence-electron chi connectivity index (χ3n) is 5.33. The number of fused-ring (bicyclic) bond motifs is 2. The second kappa shape index (κ2) is 4.98. The van der Waals surface area contributed by atoms with Crippen molar-refractivity contribution in [2.45, 2.75) is 51.6 Å². The van der Waals surface area contributed by atoms with Crippen LogP contribution in [0.25, 0.3) is 0 Å². The van der Waals surface area contributed by atoms with E-state index in [4.69, 9.17) is 0 Å². The topological polar surface area (TPSA) is 73.4 Å². The van der Waals surface area contributed by atoms with E-state index < -0.39 is 0 Å². The molecular weight excluding hydrogens is 268 g/mol. The molecule has 1 amide bonds. The normalized spacial score (nSPS) is 30.9. The Morgan fingerprint density at radius 3 is 2.81 bits per heavy atom. The lowest BCUT2D eigenvalue weighted by Crippen LogP contribution is -2.42. The molecule has 2 aliphatic rings. The lowest BCUT2D eigenvalue weighted by molar-refractivity contribution is 0.0557. The van der Waals surface area contributed by atoms with Crippen molar-refractivity contribution in [1.29, 1.82) is 0 Å². The van der Waals surface area contributed by atoms with E-state index in [1.165, 1.54) is 6.07 Å². The van der Waals surface area contributed by atoms with Gasteiger partial charge in [-0.05, 0) is 38.7 Å². The van der Waals surface area contributed by atoms with E-state index in [-0.39, 0.29) is 35.6 Å². The molecule has 0 unspecified atom stereocenters. The van der Waals surface area contributed by atoms with Gasteiger partial charge >= 0.3 is 0 Å². The van der Waals surface area contributed by atoms with E-state index in [1.54, 1.807) is 13.0 Å². The van der Waals surface area contributed by atoms with Crippen molar-refractivity contribution in [3.63, 3.8) is 0 Å². The van der Waals surface area contributed by atoms with Crippen molar-refractivity contribution in [2.75, 3.05) is 6.61 Å². The van der Waals surface area contributed by atoms with Crippen molar-refractivity contribution >= 4 is 5.91 Å². The highest BCUT2D eigenvalue weighted by Crippen LogP contribution is 2.51. The van der Waals surface area contributed by atoms with Gasteiger partial charge in [-0.2, -0.15) is 0 Å². The zero-order valence-electron chi connectivity index (χ0n) is 12.6. The SMILES string of the molecule is CC[C@]1(CO)C[C@H]2CC[C@@H]1N2C(=O)c1cc(C)[nH]c(=O)c1. The number of nitrogens with zero attached hydrogens (tertiary/aromatic N) is 1. The summed E-state index contributed by atoms with van der Waals surface area (Å²) >= 11 is 0. The Morgan fingerprint density at radius 2 is 2.24 bits per heavy atom. The van der Waals surface area contributed by atoms with Gasteiger partial charge in [-0.15, -0.1) is 0 Å². The van der Waals surface area contributed by atoms with Gasteiger partial charge in [0, 0.05) is 34.8 Å². The molecule has 5 heteroatoms. The number of pyridine rings is 1. The Bertz CT molecular complexity index is 618. The molecule has 5 nitrogen and oxygen atoms in total. The lowest BCUT2D eigenvalue weighted by Gasteiger charge is -2.34. The number of carbonyl (C=O) groups is 1. The van der Waals surface area contributed by atoms with Crippen LogP contribution in [0.3, 0.4) is 0 Å². The number of aromatic amines is 1. The number of aromatic nitrogens is 1. The van der Waals surface area contributed by atoms with Crippen LogP contribution in [-0.2, 0) is 0 Å². The molecule has 0 saturated carbocycles. The van der Waals surface area contributed by atoms with Crippen molar-refractivity contribution in [3.05, 3.63) is 33.7 Å². The second-order valence-electron chi connectivity index (χ2n) is 6.45. The van der Waals surface area contributed by atoms with Gasteiger partial charge in [-0.3, -0.25) is 9.59 Å². The number of aliphatic hydroxyl groups is 1. The zero-order chi connectivity index (χ0) is 15.2. The van der Waals surface area contributed by atoms with Crippen LogP contribution in [0.2, 0.25) is 0 Å². The minimum atomic E-state index is -0.242. The van der Waals surface area contributed by atoms with Crippen molar-refractivity contribution in [2.24, 2.45) is 5.41 Å². The highest BCUT2D eigenvalue weighted by Gasteiger charge is 2.56. The highest BCUT2D eigenvalue weighted by atomic mass is 16.3. The maximum Gasteiger partial charge on any atom is 0.254 e. The maximum absolute atomic E-state index is 12.8. The molecule has 0 aromatic carbocycles. The van der Waals surface area contributed by atoms with Crippen LogP contribution >= 0.6 is 0 Å². The Morgan fingerprint density at radius 1 is 1.48 bits per heavy atom. The summed E-state index contributed by atoms with van der Waals surface area (Å²) in [6.07, 6.45) is 3.70. The minimum absolute atomic E-state index is 0.0690. The molecule has 3 atom stereocenters. The summed E-state index contributed by atoms with van der Waals surface area (Å²) in [4.78, 5) is 29.0. The van der Waals surface area contributed by atoms with Gasteiger partial charge in [-0.1, -0.05) is 6.92 Å². The molecule has 1 aromatic heterocycles. The Balaban J connectivity index is 1.94. The Hall–Kier alpha value is -1.62. The first-order valence-corrected chi connectivity index (χ1v) is 7.65. The van der Waals surface area contributed by atoms with Gasteiger partial charge in [0.1, 0.15) is 0 Å². The third-order valence-corrected chi connectivity index (χ3v) is 5.33. The zero-order valence-corrected chi connectivity index (χ0v) is 12.6. The number of carbonyl (C=O) groups excluding carboxylic acids is 1. The molecule has 2 fully saturated rings. The molecule has 3 rings (SSSR count). The van der Waals surface area contributed by atoms with E-state index in [1.807, 2.05) is 4.90 Å². The lowest BCUT2D eigenvalue weighted by atomic mass is 9.72. The molecular formula is C16H22N2O3. The quantitative estimate of drug-likeness (QED) is 0.885. The van der Waals surface area contributed by atoms with Gasteiger partial charge in [0.05, 0.1) is 6.61 Å². The van der Waals surface area contributed by atoms with Gasteiger partial charge in [0.15, 0.2) is 0 Å². The largest absolute Gasteiger partial charge is 0.396 e. The van der Waals surface area contributed by atoms with E-state index in [0.717, 1.165) is 25.7 Å². The molecule has 2 bridgehead atoms. The Kier molecular flexibility index (Phi) is 3.40. The van der Waals surface area contributed by atoms with Gasteiger partial charge in [0.2, 0.25) is 5.56 Å². The van der Waals surface area contributed by atoms with Crippen LogP contribution in [-0.4, -0.2) is 39.6 Å². The van der Waals surface area contributed by atoms with Crippen molar-refractivity contribution < 1.29 is 9.90 Å². The average Bonchev–Trinajstić information content (AvgIpc) is 3.01. The summed E-state index contributed by atoms with van der Waals surface area (Å²) in [5, 5.41) is 9.80. The van der Waals surface area contributed by atoms with Gasteiger partial charge in [-0.25, -0.2) is 0 Å². The number of aliphatic hydroxyl groups excluding tert-OH is 1. The summed E-state index contributed by atoms with van der Waals surface area (Å²) in [5.74, 6) is -0.0690. The first kappa shape index (κ1) is 14.3. The molecule has 1 aromatic rings. The number of rotatable bonds is 3. The number of hydrogen-bond donors (Lipinski definition) is 2. The molecule has 114 valence electrons. The minimum Gasteiger partial charge on any atom is -0.396 e. The molecule has 2 saturated heterocycles. The van der Waals surface area contributed by atoms with E-state index in [9.17, 15) is 14.7 Å². The van der Waals surface area contributed by atoms with Crippen LogP contribution in [0.4, 0.5) is 0 Å². The van der Waals surface area contributed by atoms with Crippen molar-refractivity contribution in [3.8, 4) is 0 Å². The molecule has 2 N–H and O–H groups in total. The first-order valence-electron chi connectivity index (χ1n) is 7.65. The van der Waals surface area contributed by atoms with Crippen molar-refractivity contribution in [1.82, 2.24) is 9.88 Å². The summed E-state index contributed by atoms with van der Waals surface area (Å²) in [7, 11) is 0. The number of H-pyrrole nitrogens is 1. The predicted molar refractivity (Wildman–Crippen MR) is 79.2 cm³/mol. The van der Waals surface area contributed by atoms with E-state index >= 15 is 0 Å². The van der Waals surface area contributed by atoms with E-state index in [0.29, 0.717) is 11.3 Å². The van der Waals surface area contributed by atoms with Crippen LogP contribution in [0, 0.1) is 12.3 Å². The van der Waals surface area contributed by atoms with Crippen LogP contribution in [0.1, 0.15) is 48.7 Å². The maximum atomic E-state index is 12.8. The summed E-state index contributed by atoms with van der Waals surface area (Å²) < 4.78 is 0. The van der Waals surface area contributed by atoms with E-state index in [2.05, 4.69) is 11.9 Å². The summed E-state index contributed by atoms with van der Waals surface area (Å²) in [6.45, 7) is 3.99. The fourth-order valence-corrected chi connectivity index (χ4v) is 4.21. The van der Waals surface area contributed by atoms with Gasteiger partial charge < -0.3 is 15.0 Å². The average molecular weight is 290 g/mol. The standard InChI is InChI=1S/C16H22N2O3/c1-3-16(9-19)8-12-4-5-13(16)18(12)15(21)11-6-10(2)17-14(20)7-11/h6-7,12-13,19H,3-5,8-9H2,1-2H3,(H,17,20)/t12-,13+,16-/m1/s1. The monoisotopic (exact) mass is 290 g/mol. The first-order chi connectivity index (χ1) is 10.0. The fraction of sp³-hybridized carbons (Fsp3) is 0.625. The Labute approximate surface area is 124 Å². The van der Waals surface area contributed by atoms with Crippen LogP contribution in [0.5, 0.6) is 0 Å². The summed E-state index contributed by atoms with van der Waals surface area (Å²) in [6, 6.07) is 3.41. The van der Waals surface area contributed by atoms with Crippen LogP contribution < -0.4 is 5.56 Å². The fourth-order valence-electron chi connectivity index (χ4n) is 4.21. The third kappa shape index (κ3) is 2.11. The van der Waals surface area contributed by atoms with Crippen LogP contribution in [0.15, 0.2) is 16.9 Å². The smallest absolute Gasteiger partial charge is 0.254 e. The molecule has 2 aliphatic heterocycles. The van der Waals surface area contributed by atoms with Gasteiger partial charge in [0.25, 0.3) is 5.91 Å². The number of amides is 1. The highest BCUT2D eigenvalue weighted by molar-refractivity contribution is 5.95. The molecule has 0 radical (unpaired) electrons.